The van der Waals surface area contributed by atoms with Gasteiger partial charge in [0.1, 0.15) is 6.33 Å². The van der Waals surface area contributed by atoms with Crippen molar-refractivity contribution in [1.82, 2.24) is 14.9 Å². The molecule has 2 saturated heterocycles. The highest BCUT2D eigenvalue weighted by Gasteiger charge is 2.35. The summed E-state index contributed by atoms with van der Waals surface area (Å²) in [6, 6.07) is 0. The Kier molecular flexibility index (Phi) is 7.15. The standard InChI is InChI=1S/C18H28N6O5/c1-2-29-18(26)14-4-3-5-23(12-14)17-15(24(27)28)16(19-13-20-17)22-8-6-21(7-9-22)10-11-25/h13-14,25H,2-12H2,1H3. The Morgan fingerprint density at radius 1 is 1.24 bits per heavy atom. The number of anilines is 2. The van der Waals surface area contributed by atoms with Crippen LogP contribution in [0, 0.1) is 16.0 Å². The summed E-state index contributed by atoms with van der Waals surface area (Å²) in [5.41, 5.74) is -0.118. The summed E-state index contributed by atoms with van der Waals surface area (Å²) in [4.78, 5) is 37.9. The Hall–Kier alpha value is -2.53. The summed E-state index contributed by atoms with van der Waals surface area (Å²) in [7, 11) is 0. The smallest absolute Gasteiger partial charge is 0.353 e. The molecule has 1 aromatic heterocycles. The lowest BCUT2D eigenvalue weighted by molar-refractivity contribution is -0.383. The number of aromatic nitrogens is 2. The number of hydrogen-bond acceptors (Lipinski definition) is 10. The second-order valence-electron chi connectivity index (χ2n) is 7.22. The zero-order chi connectivity index (χ0) is 20.8. The zero-order valence-electron chi connectivity index (χ0n) is 16.7. The van der Waals surface area contributed by atoms with Crippen LogP contribution in [-0.4, -0.2) is 89.9 Å². The minimum absolute atomic E-state index is 0.0917. The van der Waals surface area contributed by atoms with Crippen molar-refractivity contribution in [1.29, 1.82) is 0 Å². The number of esters is 1. The molecule has 11 heteroatoms. The molecule has 0 spiro atoms. The van der Waals surface area contributed by atoms with E-state index in [2.05, 4.69) is 14.9 Å². The van der Waals surface area contributed by atoms with Gasteiger partial charge in [-0.15, -0.1) is 0 Å². The van der Waals surface area contributed by atoms with Crippen LogP contribution in [0.4, 0.5) is 17.3 Å². The van der Waals surface area contributed by atoms with Crippen molar-refractivity contribution in [3.63, 3.8) is 0 Å². The monoisotopic (exact) mass is 408 g/mol. The maximum atomic E-state index is 12.1. The lowest BCUT2D eigenvalue weighted by Gasteiger charge is -2.35. The largest absolute Gasteiger partial charge is 0.466 e. The van der Waals surface area contributed by atoms with Gasteiger partial charge in [0.25, 0.3) is 0 Å². The summed E-state index contributed by atoms with van der Waals surface area (Å²) >= 11 is 0. The molecule has 2 fully saturated rings. The number of nitro groups is 1. The Balaban J connectivity index is 1.82. The van der Waals surface area contributed by atoms with Crippen LogP contribution >= 0.6 is 0 Å². The van der Waals surface area contributed by atoms with Crippen molar-refractivity contribution in [2.24, 2.45) is 5.92 Å². The highest BCUT2D eigenvalue weighted by Crippen LogP contribution is 2.36. The molecule has 1 unspecified atom stereocenters. The normalized spacial score (nSPS) is 20.6. The van der Waals surface area contributed by atoms with Gasteiger partial charge in [0.15, 0.2) is 0 Å². The maximum absolute atomic E-state index is 12.1. The van der Waals surface area contributed by atoms with E-state index >= 15 is 0 Å². The number of ether oxygens (including phenoxy) is 1. The molecule has 0 bridgehead atoms. The van der Waals surface area contributed by atoms with Gasteiger partial charge in [0.2, 0.25) is 11.6 Å². The number of hydrogen-bond donors (Lipinski definition) is 1. The minimum Gasteiger partial charge on any atom is -0.466 e. The molecule has 3 heterocycles. The minimum atomic E-state index is -0.432. The Labute approximate surface area is 169 Å². The topological polar surface area (TPSA) is 125 Å². The second kappa shape index (κ2) is 9.79. The quantitative estimate of drug-likeness (QED) is 0.382. The van der Waals surface area contributed by atoms with Crippen molar-refractivity contribution in [3.8, 4) is 0 Å². The van der Waals surface area contributed by atoms with Gasteiger partial charge in [0, 0.05) is 45.8 Å². The molecule has 11 nitrogen and oxygen atoms in total. The van der Waals surface area contributed by atoms with Crippen LogP contribution < -0.4 is 9.80 Å². The van der Waals surface area contributed by atoms with Gasteiger partial charge in [0.05, 0.1) is 24.1 Å². The van der Waals surface area contributed by atoms with Gasteiger partial charge in [-0.25, -0.2) is 9.97 Å². The van der Waals surface area contributed by atoms with Gasteiger partial charge >= 0.3 is 11.7 Å². The highest BCUT2D eigenvalue weighted by molar-refractivity contribution is 5.75. The first-order chi connectivity index (χ1) is 14.0. The SMILES string of the molecule is CCOC(=O)C1CCCN(c2ncnc(N3CCN(CCO)CC3)c2[N+](=O)[O-])C1. The number of β-amino-alcohol motifs (C(OH)–C–C–N with tert-alkyl or cyclic N) is 1. The van der Waals surface area contributed by atoms with E-state index in [-0.39, 0.29) is 30.0 Å². The number of piperazine rings is 1. The zero-order valence-corrected chi connectivity index (χ0v) is 16.7. The molecular formula is C18H28N6O5. The summed E-state index contributed by atoms with van der Waals surface area (Å²) in [6.07, 6.45) is 2.79. The molecule has 1 aromatic rings. The van der Waals surface area contributed by atoms with Crippen molar-refractivity contribution in [2.75, 3.05) is 68.8 Å². The van der Waals surface area contributed by atoms with E-state index in [4.69, 9.17) is 9.84 Å². The summed E-state index contributed by atoms with van der Waals surface area (Å²) in [5, 5.41) is 21.0. The molecule has 2 aliphatic rings. The first-order valence-corrected chi connectivity index (χ1v) is 10.0. The van der Waals surface area contributed by atoms with Gasteiger partial charge in [-0.05, 0) is 19.8 Å². The summed E-state index contributed by atoms with van der Waals surface area (Å²) in [5.74, 6) is -0.0217. The first kappa shape index (κ1) is 21.2. The molecule has 0 saturated carbocycles. The summed E-state index contributed by atoms with van der Waals surface area (Å²) < 4.78 is 5.13. The van der Waals surface area contributed by atoms with Gasteiger partial charge in [-0.2, -0.15) is 0 Å². The van der Waals surface area contributed by atoms with E-state index < -0.39 is 4.92 Å². The van der Waals surface area contributed by atoms with Crippen LogP contribution in [-0.2, 0) is 9.53 Å². The van der Waals surface area contributed by atoms with Crippen molar-refractivity contribution >= 4 is 23.3 Å². The fraction of sp³-hybridized carbons (Fsp3) is 0.722. The third kappa shape index (κ3) is 4.91. The van der Waals surface area contributed by atoms with Crippen LogP contribution in [0.1, 0.15) is 19.8 Å². The van der Waals surface area contributed by atoms with Crippen molar-refractivity contribution < 1.29 is 19.6 Å². The number of carbonyl (C=O) groups is 1. The molecule has 29 heavy (non-hydrogen) atoms. The third-order valence-corrected chi connectivity index (χ3v) is 5.40. The van der Waals surface area contributed by atoms with E-state index in [1.807, 2.05) is 4.90 Å². The van der Waals surface area contributed by atoms with Crippen molar-refractivity contribution in [3.05, 3.63) is 16.4 Å². The predicted molar refractivity (Wildman–Crippen MR) is 106 cm³/mol. The predicted octanol–water partition coefficient (Wildman–Crippen LogP) is 0.279. The van der Waals surface area contributed by atoms with Gasteiger partial charge in [-0.1, -0.05) is 0 Å². The van der Waals surface area contributed by atoms with E-state index in [0.29, 0.717) is 64.7 Å². The molecule has 2 aliphatic heterocycles. The van der Waals surface area contributed by atoms with Gasteiger partial charge in [-0.3, -0.25) is 19.8 Å². The van der Waals surface area contributed by atoms with E-state index in [0.717, 1.165) is 6.42 Å². The number of nitrogens with zero attached hydrogens (tertiary/aromatic N) is 6. The fourth-order valence-corrected chi connectivity index (χ4v) is 3.93. The van der Waals surface area contributed by atoms with Crippen LogP contribution in [0.25, 0.3) is 0 Å². The van der Waals surface area contributed by atoms with E-state index in [1.165, 1.54) is 6.33 Å². The summed E-state index contributed by atoms with van der Waals surface area (Å²) in [6.45, 7) is 6.28. The Morgan fingerprint density at radius 2 is 1.93 bits per heavy atom. The molecular weight excluding hydrogens is 380 g/mol. The molecule has 0 amide bonds. The second-order valence-corrected chi connectivity index (χ2v) is 7.22. The first-order valence-electron chi connectivity index (χ1n) is 10.0. The lowest BCUT2D eigenvalue weighted by atomic mass is 9.98. The third-order valence-electron chi connectivity index (χ3n) is 5.40. The average molecular weight is 408 g/mol. The maximum Gasteiger partial charge on any atom is 0.353 e. The number of carbonyl (C=O) groups excluding carboxylic acids is 1. The van der Waals surface area contributed by atoms with Gasteiger partial charge < -0.3 is 19.6 Å². The Morgan fingerprint density at radius 3 is 2.55 bits per heavy atom. The highest BCUT2D eigenvalue weighted by atomic mass is 16.6. The molecule has 1 atom stereocenters. The van der Waals surface area contributed by atoms with Crippen LogP contribution in [0.15, 0.2) is 6.33 Å². The average Bonchev–Trinajstić information content (AvgIpc) is 2.74. The van der Waals surface area contributed by atoms with E-state index in [9.17, 15) is 14.9 Å². The number of piperidine rings is 1. The molecule has 160 valence electrons. The number of aliphatic hydroxyl groups is 1. The number of rotatable bonds is 7. The Bertz CT molecular complexity index is 725. The van der Waals surface area contributed by atoms with Crippen molar-refractivity contribution in [2.45, 2.75) is 19.8 Å². The molecule has 0 aliphatic carbocycles. The van der Waals surface area contributed by atoms with Crippen LogP contribution in [0.3, 0.4) is 0 Å². The van der Waals surface area contributed by atoms with Crippen LogP contribution in [0.2, 0.25) is 0 Å². The number of aliphatic hydroxyl groups excluding tert-OH is 1. The lowest BCUT2D eigenvalue weighted by Crippen LogP contribution is -2.47. The van der Waals surface area contributed by atoms with E-state index in [1.54, 1.807) is 11.8 Å². The molecule has 0 aromatic carbocycles. The molecule has 1 N–H and O–H groups in total. The van der Waals surface area contributed by atoms with Crippen LogP contribution in [0.5, 0.6) is 0 Å². The molecule has 3 rings (SSSR count). The fourth-order valence-electron chi connectivity index (χ4n) is 3.93. The molecule has 0 radical (unpaired) electrons.